The molecule has 0 bridgehead atoms. The monoisotopic (exact) mass is 296 g/mol. The zero-order valence-electron chi connectivity index (χ0n) is 11.7. The number of rotatable bonds is 4. The first-order valence-corrected chi connectivity index (χ1v) is 7.65. The number of hydrogen-bond acceptors (Lipinski definition) is 5. The highest BCUT2D eigenvalue weighted by Gasteiger charge is 2.12. The van der Waals surface area contributed by atoms with Crippen molar-refractivity contribution >= 4 is 11.3 Å². The Kier molecular flexibility index (Phi) is 4.03. The summed E-state index contributed by atoms with van der Waals surface area (Å²) in [5.41, 5.74) is 9.21. The van der Waals surface area contributed by atoms with Gasteiger partial charge in [-0.1, -0.05) is 30.3 Å². The first-order chi connectivity index (χ1) is 10.2. The van der Waals surface area contributed by atoms with Crippen LogP contribution in [-0.2, 0) is 6.42 Å². The molecule has 0 aliphatic rings. The number of thiazole rings is 1. The number of nitrogens with zero attached hydrogens (tertiary/aromatic N) is 3. The third-order valence-electron chi connectivity index (χ3n) is 3.19. The molecule has 1 aromatic carbocycles. The highest BCUT2D eigenvalue weighted by atomic mass is 32.1. The van der Waals surface area contributed by atoms with Crippen LogP contribution in [0.4, 0.5) is 0 Å². The van der Waals surface area contributed by atoms with Crippen molar-refractivity contribution in [3.05, 3.63) is 64.5 Å². The highest BCUT2D eigenvalue weighted by molar-refractivity contribution is 7.09. The van der Waals surface area contributed by atoms with Crippen LogP contribution < -0.4 is 5.73 Å². The maximum atomic E-state index is 6.22. The Hall–Kier alpha value is -2.11. The summed E-state index contributed by atoms with van der Waals surface area (Å²) in [5, 5.41) is 3.10. The standard InChI is InChI=1S/C16H16N4S/c1-11-18-8-7-14(19-11)13(17)9-16-20-15(10-21-16)12-5-3-2-4-6-12/h2-8,10,13H,9,17H2,1H3. The molecule has 0 fully saturated rings. The molecule has 21 heavy (non-hydrogen) atoms. The molecular weight excluding hydrogens is 280 g/mol. The molecule has 4 nitrogen and oxygen atoms in total. The predicted octanol–water partition coefficient (Wildman–Crippen LogP) is 3.15. The van der Waals surface area contributed by atoms with Crippen molar-refractivity contribution in [3.8, 4) is 11.3 Å². The fraction of sp³-hybridized carbons (Fsp3) is 0.188. The van der Waals surface area contributed by atoms with E-state index in [9.17, 15) is 0 Å². The minimum atomic E-state index is -0.151. The van der Waals surface area contributed by atoms with Crippen molar-refractivity contribution in [1.29, 1.82) is 0 Å². The molecule has 106 valence electrons. The Morgan fingerprint density at radius 1 is 1.14 bits per heavy atom. The number of nitrogens with two attached hydrogens (primary N) is 1. The van der Waals surface area contributed by atoms with Crippen LogP contribution >= 0.6 is 11.3 Å². The van der Waals surface area contributed by atoms with Gasteiger partial charge in [-0.15, -0.1) is 11.3 Å². The van der Waals surface area contributed by atoms with Crippen LogP contribution in [0.2, 0.25) is 0 Å². The molecule has 0 spiro atoms. The van der Waals surface area contributed by atoms with E-state index in [1.807, 2.05) is 31.2 Å². The fourth-order valence-corrected chi connectivity index (χ4v) is 2.98. The number of aryl methyl sites for hydroxylation is 1. The first kappa shape index (κ1) is 13.9. The molecule has 0 aliphatic carbocycles. The van der Waals surface area contributed by atoms with Gasteiger partial charge in [0.25, 0.3) is 0 Å². The molecular formula is C16H16N4S. The largest absolute Gasteiger partial charge is 0.322 e. The van der Waals surface area contributed by atoms with E-state index in [-0.39, 0.29) is 6.04 Å². The summed E-state index contributed by atoms with van der Waals surface area (Å²) in [6.45, 7) is 1.87. The van der Waals surface area contributed by atoms with E-state index in [2.05, 4.69) is 32.5 Å². The fourth-order valence-electron chi connectivity index (χ4n) is 2.12. The van der Waals surface area contributed by atoms with Gasteiger partial charge in [0, 0.05) is 23.6 Å². The molecule has 1 atom stereocenters. The SMILES string of the molecule is Cc1nccc(C(N)Cc2nc(-c3ccccc3)cs2)n1. The third kappa shape index (κ3) is 3.32. The minimum absolute atomic E-state index is 0.151. The van der Waals surface area contributed by atoms with Gasteiger partial charge >= 0.3 is 0 Å². The Bertz CT molecular complexity index is 724. The third-order valence-corrected chi connectivity index (χ3v) is 4.06. The van der Waals surface area contributed by atoms with Crippen molar-refractivity contribution < 1.29 is 0 Å². The molecule has 0 aliphatic heterocycles. The second kappa shape index (κ2) is 6.11. The molecule has 2 N–H and O–H groups in total. The van der Waals surface area contributed by atoms with E-state index in [0.29, 0.717) is 6.42 Å². The van der Waals surface area contributed by atoms with E-state index < -0.39 is 0 Å². The molecule has 3 aromatic rings. The van der Waals surface area contributed by atoms with Gasteiger partial charge in [0.1, 0.15) is 5.82 Å². The Morgan fingerprint density at radius 3 is 2.71 bits per heavy atom. The van der Waals surface area contributed by atoms with E-state index in [1.54, 1.807) is 17.5 Å². The summed E-state index contributed by atoms with van der Waals surface area (Å²) < 4.78 is 0. The van der Waals surface area contributed by atoms with E-state index in [4.69, 9.17) is 5.73 Å². The van der Waals surface area contributed by atoms with Gasteiger partial charge in [-0.2, -0.15) is 0 Å². The van der Waals surface area contributed by atoms with Crippen molar-refractivity contribution in [2.24, 2.45) is 5.73 Å². The van der Waals surface area contributed by atoms with Gasteiger partial charge < -0.3 is 5.73 Å². The summed E-state index contributed by atoms with van der Waals surface area (Å²) in [7, 11) is 0. The summed E-state index contributed by atoms with van der Waals surface area (Å²) >= 11 is 1.64. The van der Waals surface area contributed by atoms with Gasteiger partial charge in [-0.05, 0) is 13.0 Å². The smallest absolute Gasteiger partial charge is 0.125 e. The van der Waals surface area contributed by atoms with Gasteiger partial charge in [0.15, 0.2) is 0 Å². The molecule has 0 saturated carbocycles. The quantitative estimate of drug-likeness (QED) is 0.803. The zero-order chi connectivity index (χ0) is 14.7. The molecule has 0 amide bonds. The van der Waals surface area contributed by atoms with Crippen LogP contribution in [0.15, 0.2) is 48.0 Å². The van der Waals surface area contributed by atoms with Gasteiger partial charge in [0.05, 0.1) is 22.4 Å². The van der Waals surface area contributed by atoms with Crippen LogP contribution in [0.5, 0.6) is 0 Å². The van der Waals surface area contributed by atoms with Crippen molar-refractivity contribution in [3.63, 3.8) is 0 Å². The molecule has 5 heteroatoms. The van der Waals surface area contributed by atoms with Crippen LogP contribution in [0.3, 0.4) is 0 Å². The molecule has 1 unspecified atom stereocenters. The zero-order valence-corrected chi connectivity index (χ0v) is 12.5. The number of aromatic nitrogens is 3. The van der Waals surface area contributed by atoms with E-state index >= 15 is 0 Å². The molecule has 2 aromatic heterocycles. The van der Waals surface area contributed by atoms with Gasteiger partial charge in [-0.25, -0.2) is 15.0 Å². The summed E-state index contributed by atoms with van der Waals surface area (Å²) in [5.74, 6) is 0.743. The number of benzene rings is 1. The Morgan fingerprint density at radius 2 is 1.95 bits per heavy atom. The Labute approximate surface area is 127 Å². The minimum Gasteiger partial charge on any atom is -0.322 e. The van der Waals surface area contributed by atoms with Gasteiger partial charge in [-0.3, -0.25) is 0 Å². The lowest BCUT2D eigenvalue weighted by Crippen LogP contribution is -2.15. The summed E-state index contributed by atoms with van der Waals surface area (Å²) in [6.07, 6.45) is 2.43. The molecule has 2 heterocycles. The maximum absolute atomic E-state index is 6.22. The lowest BCUT2D eigenvalue weighted by molar-refractivity contribution is 0.685. The van der Waals surface area contributed by atoms with Crippen LogP contribution in [0.1, 0.15) is 22.6 Å². The summed E-state index contributed by atoms with van der Waals surface area (Å²) in [6, 6.07) is 11.9. The van der Waals surface area contributed by atoms with Crippen LogP contribution in [0.25, 0.3) is 11.3 Å². The first-order valence-electron chi connectivity index (χ1n) is 6.77. The van der Waals surface area contributed by atoms with E-state index in [1.165, 1.54) is 0 Å². The van der Waals surface area contributed by atoms with Gasteiger partial charge in [0.2, 0.25) is 0 Å². The average molecular weight is 296 g/mol. The Balaban J connectivity index is 1.75. The van der Waals surface area contributed by atoms with Crippen molar-refractivity contribution in [2.75, 3.05) is 0 Å². The normalized spacial score (nSPS) is 12.3. The average Bonchev–Trinajstić information content (AvgIpc) is 2.97. The van der Waals surface area contributed by atoms with Crippen LogP contribution in [-0.4, -0.2) is 15.0 Å². The second-order valence-corrected chi connectivity index (χ2v) is 5.77. The molecule has 3 rings (SSSR count). The summed E-state index contributed by atoms with van der Waals surface area (Å²) in [4.78, 5) is 13.1. The lowest BCUT2D eigenvalue weighted by atomic mass is 10.1. The van der Waals surface area contributed by atoms with Crippen molar-refractivity contribution in [2.45, 2.75) is 19.4 Å². The molecule has 0 saturated heterocycles. The maximum Gasteiger partial charge on any atom is 0.125 e. The van der Waals surface area contributed by atoms with E-state index in [0.717, 1.165) is 27.8 Å². The van der Waals surface area contributed by atoms with Crippen molar-refractivity contribution in [1.82, 2.24) is 15.0 Å². The van der Waals surface area contributed by atoms with Crippen LogP contribution in [0, 0.1) is 6.92 Å². The number of hydrogen-bond donors (Lipinski definition) is 1. The highest BCUT2D eigenvalue weighted by Crippen LogP contribution is 2.24. The predicted molar refractivity (Wildman–Crippen MR) is 85.0 cm³/mol. The topological polar surface area (TPSA) is 64.7 Å². The second-order valence-electron chi connectivity index (χ2n) is 4.83. The lowest BCUT2D eigenvalue weighted by Gasteiger charge is -2.09. The molecule has 0 radical (unpaired) electrons.